The maximum absolute atomic E-state index is 11.8. The summed E-state index contributed by atoms with van der Waals surface area (Å²) in [7, 11) is 0. The predicted octanol–water partition coefficient (Wildman–Crippen LogP) is 2.21. The number of rotatable bonds is 2. The minimum atomic E-state index is -0.0467. The molecule has 1 fully saturated rings. The van der Waals surface area contributed by atoms with Gasteiger partial charge in [-0.05, 0) is 40.9 Å². The minimum absolute atomic E-state index is 0.00898. The number of ether oxygens (including phenoxy) is 1. The highest BCUT2D eigenvalue weighted by Crippen LogP contribution is 2.16. The van der Waals surface area contributed by atoms with Crippen molar-refractivity contribution >= 4 is 27.7 Å². The first-order valence-corrected chi connectivity index (χ1v) is 6.06. The number of halogens is 1. The van der Waals surface area contributed by atoms with Crippen molar-refractivity contribution in [2.75, 3.05) is 18.5 Å². The van der Waals surface area contributed by atoms with Crippen molar-refractivity contribution in [1.82, 2.24) is 4.98 Å². The highest BCUT2D eigenvalue weighted by Gasteiger charge is 2.21. The molecule has 0 aromatic carbocycles. The van der Waals surface area contributed by atoms with Gasteiger partial charge in [0.1, 0.15) is 10.4 Å². The van der Waals surface area contributed by atoms with Crippen LogP contribution in [-0.2, 0) is 9.53 Å². The van der Waals surface area contributed by atoms with Gasteiger partial charge in [-0.25, -0.2) is 4.98 Å². The van der Waals surface area contributed by atoms with Crippen LogP contribution in [0.5, 0.6) is 0 Å². The van der Waals surface area contributed by atoms with E-state index in [-0.39, 0.29) is 11.8 Å². The van der Waals surface area contributed by atoms with Crippen LogP contribution in [0.25, 0.3) is 0 Å². The highest BCUT2D eigenvalue weighted by atomic mass is 79.9. The number of nitrogens with zero attached hydrogens (tertiary/aromatic N) is 1. The van der Waals surface area contributed by atoms with Crippen LogP contribution in [0.15, 0.2) is 22.8 Å². The fraction of sp³-hybridized carbons (Fsp3) is 0.455. The Morgan fingerprint density at radius 1 is 1.56 bits per heavy atom. The molecule has 4 nitrogen and oxygen atoms in total. The summed E-state index contributed by atoms with van der Waals surface area (Å²) in [6, 6.07) is 5.43. The van der Waals surface area contributed by atoms with E-state index in [4.69, 9.17) is 4.74 Å². The van der Waals surface area contributed by atoms with E-state index in [9.17, 15) is 4.79 Å². The molecule has 1 amide bonds. The van der Waals surface area contributed by atoms with Gasteiger partial charge in [-0.2, -0.15) is 0 Å². The topological polar surface area (TPSA) is 51.2 Å². The molecule has 2 heterocycles. The Balaban J connectivity index is 1.96. The molecule has 0 radical (unpaired) electrons. The molecule has 1 aromatic rings. The van der Waals surface area contributed by atoms with Gasteiger partial charge in [0.05, 0.1) is 12.5 Å². The lowest BCUT2D eigenvalue weighted by atomic mass is 10.0. The molecule has 0 saturated carbocycles. The Kier molecular flexibility index (Phi) is 3.90. The summed E-state index contributed by atoms with van der Waals surface area (Å²) in [4.78, 5) is 16.0. The summed E-state index contributed by atoms with van der Waals surface area (Å²) in [5, 5.41) is 2.79. The molecule has 1 aliphatic rings. The lowest BCUT2D eigenvalue weighted by Crippen LogP contribution is -2.30. The third-order valence-electron chi connectivity index (χ3n) is 2.50. The summed E-state index contributed by atoms with van der Waals surface area (Å²) in [6.07, 6.45) is 1.84. The molecule has 1 aromatic heterocycles. The fourth-order valence-corrected chi connectivity index (χ4v) is 2.00. The third kappa shape index (κ3) is 3.02. The standard InChI is InChI=1S/C11H13BrN2O2/c12-9-4-1-5-10(13-9)14-11(15)8-3-2-6-16-7-8/h1,4-5,8H,2-3,6-7H2,(H,13,14,15)/t8-/m1/s1. The normalized spacial score (nSPS) is 20.4. The molecule has 1 atom stereocenters. The Morgan fingerprint density at radius 3 is 3.12 bits per heavy atom. The predicted molar refractivity (Wildman–Crippen MR) is 64.1 cm³/mol. The van der Waals surface area contributed by atoms with Crippen LogP contribution < -0.4 is 5.32 Å². The van der Waals surface area contributed by atoms with E-state index in [0.717, 1.165) is 19.4 Å². The van der Waals surface area contributed by atoms with Crippen molar-refractivity contribution in [3.63, 3.8) is 0 Å². The van der Waals surface area contributed by atoms with Crippen molar-refractivity contribution in [3.8, 4) is 0 Å². The number of nitrogens with one attached hydrogen (secondary N) is 1. The molecule has 16 heavy (non-hydrogen) atoms. The van der Waals surface area contributed by atoms with Crippen molar-refractivity contribution in [2.24, 2.45) is 5.92 Å². The zero-order valence-electron chi connectivity index (χ0n) is 8.78. The average Bonchev–Trinajstić information content (AvgIpc) is 2.30. The Bertz CT molecular complexity index is 378. The van der Waals surface area contributed by atoms with Crippen molar-refractivity contribution in [1.29, 1.82) is 0 Å². The van der Waals surface area contributed by atoms with Crippen LogP contribution in [0.1, 0.15) is 12.8 Å². The Labute approximate surface area is 103 Å². The van der Waals surface area contributed by atoms with Crippen LogP contribution in [0.3, 0.4) is 0 Å². The first kappa shape index (κ1) is 11.5. The summed E-state index contributed by atoms with van der Waals surface area (Å²) in [5.74, 6) is 0.518. The van der Waals surface area contributed by atoms with Crippen LogP contribution in [0.4, 0.5) is 5.82 Å². The number of amides is 1. The second kappa shape index (κ2) is 5.41. The van der Waals surface area contributed by atoms with Gasteiger partial charge >= 0.3 is 0 Å². The number of carbonyl (C=O) groups is 1. The summed E-state index contributed by atoms with van der Waals surface area (Å²) in [5.41, 5.74) is 0. The van der Waals surface area contributed by atoms with Crippen molar-refractivity contribution < 1.29 is 9.53 Å². The second-order valence-electron chi connectivity index (χ2n) is 3.75. The van der Waals surface area contributed by atoms with E-state index >= 15 is 0 Å². The molecule has 0 aliphatic carbocycles. The first-order chi connectivity index (χ1) is 7.75. The van der Waals surface area contributed by atoms with E-state index in [1.54, 1.807) is 6.07 Å². The number of hydrogen-bond donors (Lipinski definition) is 1. The van der Waals surface area contributed by atoms with Crippen LogP contribution in [0, 0.1) is 5.92 Å². The first-order valence-electron chi connectivity index (χ1n) is 5.27. The van der Waals surface area contributed by atoms with E-state index in [2.05, 4.69) is 26.2 Å². The monoisotopic (exact) mass is 284 g/mol. The Morgan fingerprint density at radius 2 is 2.44 bits per heavy atom. The molecular formula is C11H13BrN2O2. The zero-order valence-corrected chi connectivity index (χ0v) is 10.4. The van der Waals surface area contributed by atoms with Crippen molar-refractivity contribution in [3.05, 3.63) is 22.8 Å². The molecule has 1 saturated heterocycles. The molecule has 1 N–H and O–H groups in total. The maximum Gasteiger partial charge on any atom is 0.230 e. The molecule has 1 aliphatic heterocycles. The summed E-state index contributed by atoms with van der Waals surface area (Å²) in [6.45, 7) is 1.28. The molecule has 0 bridgehead atoms. The molecule has 2 rings (SSSR count). The van der Waals surface area contributed by atoms with Crippen LogP contribution >= 0.6 is 15.9 Å². The Hall–Kier alpha value is -0.940. The quantitative estimate of drug-likeness (QED) is 0.848. The lowest BCUT2D eigenvalue weighted by molar-refractivity contribution is -0.123. The van der Waals surface area contributed by atoms with Gasteiger partial charge in [0.2, 0.25) is 5.91 Å². The number of hydrogen-bond acceptors (Lipinski definition) is 3. The fourth-order valence-electron chi connectivity index (χ4n) is 1.65. The molecular weight excluding hydrogens is 272 g/mol. The van der Waals surface area contributed by atoms with Crippen LogP contribution in [-0.4, -0.2) is 24.1 Å². The average molecular weight is 285 g/mol. The summed E-state index contributed by atoms with van der Waals surface area (Å²) < 4.78 is 5.99. The number of carbonyl (C=O) groups excluding carboxylic acids is 1. The number of aromatic nitrogens is 1. The van der Waals surface area contributed by atoms with E-state index < -0.39 is 0 Å². The van der Waals surface area contributed by atoms with Gasteiger partial charge in [0.25, 0.3) is 0 Å². The molecule has 5 heteroatoms. The molecule has 86 valence electrons. The van der Waals surface area contributed by atoms with Gasteiger partial charge < -0.3 is 10.1 Å². The van der Waals surface area contributed by atoms with E-state index in [1.165, 1.54) is 0 Å². The van der Waals surface area contributed by atoms with Gasteiger partial charge in [-0.1, -0.05) is 6.07 Å². The van der Waals surface area contributed by atoms with E-state index in [1.807, 2.05) is 12.1 Å². The molecule has 0 spiro atoms. The molecule has 0 unspecified atom stereocenters. The van der Waals surface area contributed by atoms with Crippen molar-refractivity contribution in [2.45, 2.75) is 12.8 Å². The van der Waals surface area contributed by atoms with Gasteiger partial charge in [0, 0.05) is 6.61 Å². The minimum Gasteiger partial charge on any atom is -0.381 e. The third-order valence-corrected chi connectivity index (χ3v) is 2.94. The maximum atomic E-state index is 11.8. The second-order valence-corrected chi connectivity index (χ2v) is 4.56. The van der Waals surface area contributed by atoms with Crippen LogP contribution in [0.2, 0.25) is 0 Å². The highest BCUT2D eigenvalue weighted by molar-refractivity contribution is 9.10. The number of anilines is 1. The number of pyridine rings is 1. The summed E-state index contributed by atoms with van der Waals surface area (Å²) >= 11 is 3.26. The zero-order chi connectivity index (χ0) is 11.4. The van der Waals surface area contributed by atoms with Gasteiger partial charge in [-0.15, -0.1) is 0 Å². The smallest absolute Gasteiger partial charge is 0.230 e. The lowest BCUT2D eigenvalue weighted by Gasteiger charge is -2.20. The van der Waals surface area contributed by atoms with E-state index in [0.29, 0.717) is 17.0 Å². The van der Waals surface area contributed by atoms with Gasteiger partial charge in [-0.3, -0.25) is 4.79 Å². The van der Waals surface area contributed by atoms with Gasteiger partial charge in [0.15, 0.2) is 0 Å². The SMILES string of the molecule is O=C(Nc1cccc(Br)n1)[C@@H]1CCCOC1. The largest absolute Gasteiger partial charge is 0.381 e.